The Kier molecular flexibility index (Phi) is 5.44. The van der Waals surface area contributed by atoms with Gasteiger partial charge in [0.2, 0.25) is 0 Å². The summed E-state index contributed by atoms with van der Waals surface area (Å²) in [6, 6.07) is 10.6. The Balaban J connectivity index is 2.00. The van der Waals surface area contributed by atoms with Crippen LogP contribution in [0.1, 0.15) is 22.9 Å². The first-order valence-corrected chi connectivity index (χ1v) is 7.58. The highest BCUT2D eigenvalue weighted by Crippen LogP contribution is 2.33. The zero-order valence-electron chi connectivity index (χ0n) is 12.2. The summed E-state index contributed by atoms with van der Waals surface area (Å²) in [6.45, 7) is 0. The molecular weight excluding hydrogens is 270 g/mol. The summed E-state index contributed by atoms with van der Waals surface area (Å²) in [4.78, 5) is 1.27. The van der Waals surface area contributed by atoms with Gasteiger partial charge in [-0.25, -0.2) is 0 Å². The van der Waals surface area contributed by atoms with Crippen molar-refractivity contribution in [2.45, 2.75) is 18.9 Å². The standard InChI is InChI=1S/C16H21NO2S/c1-17-14(16-15(19-3)10-11-20-16)9-6-12-4-7-13(18-2)8-5-12/h4-5,7-8,10-11,14,17H,6,9H2,1-3H3. The predicted molar refractivity (Wildman–Crippen MR) is 84.0 cm³/mol. The maximum absolute atomic E-state index is 5.40. The van der Waals surface area contributed by atoms with Gasteiger partial charge in [0.25, 0.3) is 0 Å². The molecular formula is C16H21NO2S. The monoisotopic (exact) mass is 291 g/mol. The van der Waals surface area contributed by atoms with E-state index in [0.717, 1.165) is 24.3 Å². The lowest BCUT2D eigenvalue weighted by molar-refractivity contribution is 0.403. The average Bonchev–Trinajstić information content (AvgIpc) is 2.97. The van der Waals surface area contributed by atoms with E-state index in [1.807, 2.05) is 25.2 Å². The summed E-state index contributed by atoms with van der Waals surface area (Å²) in [7, 11) is 5.41. The number of benzene rings is 1. The zero-order chi connectivity index (χ0) is 14.4. The van der Waals surface area contributed by atoms with Crippen LogP contribution in [-0.4, -0.2) is 21.3 Å². The number of ether oxygens (including phenoxy) is 2. The minimum atomic E-state index is 0.326. The van der Waals surface area contributed by atoms with E-state index in [-0.39, 0.29) is 0 Å². The normalized spacial score (nSPS) is 12.2. The van der Waals surface area contributed by atoms with Gasteiger partial charge in [-0.3, -0.25) is 0 Å². The second-order valence-electron chi connectivity index (χ2n) is 4.58. The molecule has 1 aromatic heterocycles. The number of hydrogen-bond donors (Lipinski definition) is 1. The fraction of sp³-hybridized carbons (Fsp3) is 0.375. The summed E-state index contributed by atoms with van der Waals surface area (Å²) in [5.74, 6) is 1.88. The third kappa shape index (κ3) is 3.52. The van der Waals surface area contributed by atoms with Crippen LogP contribution in [0.15, 0.2) is 35.7 Å². The maximum Gasteiger partial charge on any atom is 0.134 e. The van der Waals surface area contributed by atoms with Crippen molar-refractivity contribution in [1.82, 2.24) is 5.32 Å². The molecule has 108 valence electrons. The van der Waals surface area contributed by atoms with Gasteiger partial charge >= 0.3 is 0 Å². The minimum absolute atomic E-state index is 0.326. The summed E-state index contributed by atoms with van der Waals surface area (Å²) in [5.41, 5.74) is 1.32. The molecule has 3 nitrogen and oxygen atoms in total. The van der Waals surface area contributed by atoms with E-state index in [2.05, 4.69) is 22.8 Å². The first-order chi connectivity index (χ1) is 9.78. The van der Waals surface area contributed by atoms with Crippen LogP contribution in [0, 0.1) is 0 Å². The molecule has 4 heteroatoms. The minimum Gasteiger partial charge on any atom is -0.497 e. The Bertz CT molecular complexity index is 522. The van der Waals surface area contributed by atoms with Crippen LogP contribution in [-0.2, 0) is 6.42 Å². The second kappa shape index (κ2) is 7.31. The van der Waals surface area contributed by atoms with Crippen molar-refractivity contribution in [1.29, 1.82) is 0 Å². The van der Waals surface area contributed by atoms with Crippen LogP contribution < -0.4 is 14.8 Å². The molecule has 0 fully saturated rings. The highest BCUT2D eigenvalue weighted by molar-refractivity contribution is 7.10. The Morgan fingerprint density at radius 2 is 1.85 bits per heavy atom. The molecule has 1 aromatic carbocycles. The van der Waals surface area contributed by atoms with Crippen LogP contribution >= 0.6 is 11.3 Å². The highest BCUT2D eigenvalue weighted by atomic mass is 32.1. The predicted octanol–water partition coefficient (Wildman–Crippen LogP) is 3.66. The van der Waals surface area contributed by atoms with Crippen molar-refractivity contribution in [2.24, 2.45) is 0 Å². The van der Waals surface area contributed by atoms with Crippen molar-refractivity contribution in [3.8, 4) is 11.5 Å². The van der Waals surface area contributed by atoms with Crippen LogP contribution in [0.3, 0.4) is 0 Å². The molecule has 0 radical (unpaired) electrons. The van der Waals surface area contributed by atoms with Crippen molar-refractivity contribution in [2.75, 3.05) is 21.3 Å². The van der Waals surface area contributed by atoms with Gasteiger partial charge in [-0.05, 0) is 49.0 Å². The lowest BCUT2D eigenvalue weighted by Gasteiger charge is -2.16. The van der Waals surface area contributed by atoms with Gasteiger partial charge in [0, 0.05) is 6.04 Å². The first-order valence-electron chi connectivity index (χ1n) is 6.70. The number of hydrogen-bond acceptors (Lipinski definition) is 4. The highest BCUT2D eigenvalue weighted by Gasteiger charge is 2.15. The van der Waals surface area contributed by atoms with E-state index in [0.29, 0.717) is 6.04 Å². The number of aryl methyl sites for hydroxylation is 1. The fourth-order valence-corrected chi connectivity index (χ4v) is 3.25. The molecule has 0 saturated carbocycles. The van der Waals surface area contributed by atoms with E-state index >= 15 is 0 Å². The molecule has 1 unspecified atom stereocenters. The Morgan fingerprint density at radius 3 is 2.45 bits per heavy atom. The maximum atomic E-state index is 5.40. The quantitative estimate of drug-likeness (QED) is 0.844. The van der Waals surface area contributed by atoms with Crippen molar-refractivity contribution >= 4 is 11.3 Å². The molecule has 0 amide bonds. The van der Waals surface area contributed by atoms with Crippen LogP contribution in [0.5, 0.6) is 11.5 Å². The molecule has 0 aliphatic rings. The van der Waals surface area contributed by atoms with Crippen molar-refractivity contribution < 1.29 is 9.47 Å². The van der Waals surface area contributed by atoms with E-state index in [1.54, 1.807) is 25.6 Å². The third-order valence-corrected chi connectivity index (χ3v) is 4.43. The van der Waals surface area contributed by atoms with Crippen molar-refractivity contribution in [3.63, 3.8) is 0 Å². The van der Waals surface area contributed by atoms with E-state index in [9.17, 15) is 0 Å². The molecule has 2 rings (SSSR count). The molecule has 0 aliphatic carbocycles. The van der Waals surface area contributed by atoms with Gasteiger partial charge < -0.3 is 14.8 Å². The summed E-state index contributed by atoms with van der Waals surface area (Å²) < 4.78 is 10.6. The SMILES string of the molecule is CNC(CCc1ccc(OC)cc1)c1sccc1OC. The molecule has 0 aliphatic heterocycles. The average molecular weight is 291 g/mol. The second-order valence-corrected chi connectivity index (χ2v) is 5.53. The number of methoxy groups -OCH3 is 2. The van der Waals surface area contributed by atoms with Crippen molar-refractivity contribution in [3.05, 3.63) is 46.2 Å². The summed E-state index contributed by atoms with van der Waals surface area (Å²) in [5, 5.41) is 5.45. The third-order valence-electron chi connectivity index (χ3n) is 3.42. The van der Waals surface area contributed by atoms with E-state index in [4.69, 9.17) is 9.47 Å². The smallest absolute Gasteiger partial charge is 0.134 e. The van der Waals surface area contributed by atoms with Gasteiger partial charge in [0.05, 0.1) is 19.1 Å². The number of nitrogens with one attached hydrogen (secondary N) is 1. The molecule has 1 heterocycles. The molecule has 2 aromatic rings. The van der Waals surface area contributed by atoms with E-state index in [1.165, 1.54) is 10.4 Å². The first kappa shape index (κ1) is 14.9. The van der Waals surface area contributed by atoms with Crippen LogP contribution in [0.4, 0.5) is 0 Å². The lowest BCUT2D eigenvalue weighted by Crippen LogP contribution is -2.16. The molecule has 0 bridgehead atoms. The molecule has 20 heavy (non-hydrogen) atoms. The largest absolute Gasteiger partial charge is 0.497 e. The number of rotatable bonds is 7. The van der Waals surface area contributed by atoms with E-state index < -0.39 is 0 Å². The van der Waals surface area contributed by atoms with Crippen LogP contribution in [0.25, 0.3) is 0 Å². The van der Waals surface area contributed by atoms with Gasteiger partial charge in [0.15, 0.2) is 0 Å². The van der Waals surface area contributed by atoms with Crippen LogP contribution in [0.2, 0.25) is 0 Å². The molecule has 0 saturated heterocycles. The fourth-order valence-electron chi connectivity index (χ4n) is 2.24. The Labute approximate surface area is 124 Å². The molecule has 1 atom stereocenters. The lowest BCUT2D eigenvalue weighted by atomic mass is 10.0. The molecule has 0 spiro atoms. The summed E-state index contributed by atoms with van der Waals surface area (Å²) >= 11 is 1.74. The Morgan fingerprint density at radius 1 is 1.10 bits per heavy atom. The molecule has 1 N–H and O–H groups in total. The van der Waals surface area contributed by atoms with Gasteiger partial charge in [-0.15, -0.1) is 11.3 Å². The topological polar surface area (TPSA) is 30.5 Å². The van der Waals surface area contributed by atoms with Gasteiger partial charge in [-0.2, -0.15) is 0 Å². The number of thiophene rings is 1. The van der Waals surface area contributed by atoms with Gasteiger partial charge in [0.1, 0.15) is 11.5 Å². The zero-order valence-corrected chi connectivity index (χ0v) is 13.0. The summed E-state index contributed by atoms with van der Waals surface area (Å²) in [6.07, 6.45) is 2.07. The Hall–Kier alpha value is -1.52. The van der Waals surface area contributed by atoms with Gasteiger partial charge in [-0.1, -0.05) is 12.1 Å².